The van der Waals surface area contributed by atoms with E-state index in [0.29, 0.717) is 24.2 Å². The Labute approximate surface area is 170 Å². The third-order valence-electron chi connectivity index (χ3n) is 4.41. The van der Waals surface area contributed by atoms with Crippen LogP contribution in [0.3, 0.4) is 0 Å². The predicted molar refractivity (Wildman–Crippen MR) is 109 cm³/mol. The molecular weight excluding hydrogens is 381 g/mol. The number of nitrogens with one attached hydrogen (secondary N) is 1. The zero-order valence-corrected chi connectivity index (χ0v) is 18.6. The van der Waals surface area contributed by atoms with Crippen molar-refractivity contribution in [3.63, 3.8) is 0 Å². The fourth-order valence-electron chi connectivity index (χ4n) is 2.78. The van der Waals surface area contributed by atoms with E-state index in [4.69, 9.17) is 9.47 Å². The summed E-state index contributed by atoms with van der Waals surface area (Å²) in [4.78, 5) is 12.1. The van der Waals surface area contributed by atoms with Gasteiger partial charge in [0.15, 0.2) is 0 Å². The molecule has 1 fully saturated rings. The Morgan fingerprint density at radius 2 is 1.82 bits per heavy atom. The molecule has 5 nitrogen and oxygen atoms in total. The Kier molecular flexibility index (Phi) is 6.92. The zero-order chi connectivity index (χ0) is 21.3. The average Bonchev–Trinajstić information content (AvgIpc) is 2.48. The molecule has 0 aliphatic heterocycles. The molecule has 158 valence electrons. The third kappa shape index (κ3) is 6.27. The van der Waals surface area contributed by atoms with Gasteiger partial charge in [0.05, 0.1) is 21.7 Å². The van der Waals surface area contributed by atoms with Crippen molar-refractivity contribution in [2.45, 2.75) is 83.8 Å². The molecule has 1 N–H and O–H groups in total. The molecule has 28 heavy (non-hydrogen) atoms. The van der Waals surface area contributed by atoms with Gasteiger partial charge in [0.2, 0.25) is 0 Å². The summed E-state index contributed by atoms with van der Waals surface area (Å²) in [7, 11) is -1.29. The highest BCUT2D eigenvalue weighted by Crippen LogP contribution is 2.36. The molecule has 1 aromatic rings. The highest BCUT2D eigenvalue weighted by atomic mass is 32.2. The van der Waals surface area contributed by atoms with Gasteiger partial charge in [0.25, 0.3) is 0 Å². The minimum atomic E-state index is -1.29. The van der Waals surface area contributed by atoms with Crippen molar-refractivity contribution in [1.29, 1.82) is 0 Å². The summed E-state index contributed by atoms with van der Waals surface area (Å²) in [6.45, 7) is 13.0. The fourth-order valence-corrected chi connectivity index (χ4v) is 3.59. The molecule has 0 heterocycles. The quantitative estimate of drug-likeness (QED) is 0.701. The third-order valence-corrected chi connectivity index (χ3v) is 6.09. The summed E-state index contributed by atoms with van der Waals surface area (Å²) in [6, 6.07) is 3.98. The lowest BCUT2D eigenvalue weighted by Gasteiger charge is -2.36. The van der Waals surface area contributed by atoms with E-state index in [1.165, 1.54) is 12.1 Å². The van der Waals surface area contributed by atoms with Gasteiger partial charge in [-0.15, -0.1) is 0 Å². The van der Waals surface area contributed by atoms with Crippen LogP contribution in [0.25, 0.3) is 0 Å². The smallest absolute Gasteiger partial charge is 0.309 e. The van der Waals surface area contributed by atoms with Crippen molar-refractivity contribution in [1.82, 2.24) is 4.72 Å². The summed E-state index contributed by atoms with van der Waals surface area (Å²) in [5.74, 6) is -0.211. The number of ether oxygens (including phenoxy) is 2. The van der Waals surface area contributed by atoms with Crippen LogP contribution >= 0.6 is 0 Å². The maximum Gasteiger partial charge on any atom is 0.309 e. The second-order valence-electron chi connectivity index (χ2n) is 9.34. The molecule has 0 bridgehead atoms. The number of rotatable bonds is 6. The Hall–Kier alpha value is -1.47. The van der Waals surface area contributed by atoms with E-state index in [1.54, 1.807) is 6.07 Å². The maximum atomic E-state index is 13.8. The van der Waals surface area contributed by atoms with Gasteiger partial charge in [-0.1, -0.05) is 0 Å². The number of hydrogen-bond acceptors (Lipinski definition) is 4. The molecule has 1 aromatic carbocycles. The molecule has 1 unspecified atom stereocenters. The highest BCUT2D eigenvalue weighted by Gasteiger charge is 2.39. The first-order valence-corrected chi connectivity index (χ1v) is 10.8. The van der Waals surface area contributed by atoms with Gasteiger partial charge in [-0.05, 0) is 79.5 Å². The van der Waals surface area contributed by atoms with E-state index in [-0.39, 0.29) is 29.9 Å². The minimum Gasteiger partial charge on any atom is -0.490 e. The van der Waals surface area contributed by atoms with E-state index in [9.17, 15) is 13.4 Å². The Morgan fingerprint density at radius 1 is 1.21 bits per heavy atom. The first-order chi connectivity index (χ1) is 12.8. The van der Waals surface area contributed by atoms with Crippen molar-refractivity contribution in [2.75, 3.05) is 0 Å². The van der Waals surface area contributed by atoms with Gasteiger partial charge in [0.1, 0.15) is 23.3 Å². The summed E-state index contributed by atoms with van der Waals surface area (Å²) >= 11 is 0. The standard InChI is InChI=1S/C21H32FNO4S/c1-13(23-28(25)21(5,6)7)17-12-15(22)8-9-18(17)26-16-10-14(11-16)19(24)27-20(2,3)4/h8-9,12-14,16,23H,10-11H2,1-7H3/t13-,14?,16?,28?/m0/s1. The van der Waals surface area contributed by atoms with E-state index in [1.807, 2.05) is 48.5 Å². The molecule has 0 radical (unpaired) electrons. The lowest BCUT2D eigenvalue weighted by molar-refractivity contribution is -0.166. The van der Waals surface area contributed by atoms with Crippen LogP contribution in [-0.4, -0.2) is 26.6 Å². The van der Waals surface area contributed by atoms with Crippen LogP contribution in [-0.2, 0) is 20.5 Å². The number of benzene rings is 1. The summed E-state index contributed by atoms with van der Waals surface area (Å²) in [5.41, 5.74) is 0.107. The molecule has 1 saturated carbocycles. The largest absolute Gasteiger partial charge is 0.490 e. The Bertz CT molecular complexity index is 733. The van der Waals surface area contributed by atoms with Gasteiger partial charge < -0.3 is 9.47 Å². The maximum absolute atomic E-state index is 13.8. The summed E-state index contributed by atoms with van der Waals surface area (Å²) in [6.07, 6.45) is 1.02. The summed E-state index contributed by atoms with van der Waals surface area (Å²) in [5, 5.41) is 0. The highest BCUT2D eigenvalue weighted by molar-refractivity contribution is 7.84. The first kappa shape index (κ1) is 22.8. The van der Waals surface area contributed by atoms with Crippen molar-refractivity contribution < 1.29 is 22.9 Å². The molecule has 0 saturated heterocycles. The van der Waals surface area contributed by atoms with Crippen molar-refractivity contribution >= 4 is 17.0 Å². The first-order valence-electron chi connectivity index (χ1n) is 9.63. The van der Waals surface area contributed by atoms with Crippen LogP contribution in [0.15, 0.2) is 18.2 Å². The van der Waals surface area contributed by atoms with Crippen LogP contribution in [0.1, 0.15) is 72.9 Å². The van der Waals surface area contributed by atoms with E-state index >= 15 is 0 Å². The van der Waals surface area contributed by atoms with Gasteiger partial charge >= 0.3 is 5.97 Å². The van der Waals surface area contributed by atoms with Gasteiger partial charge in [-0.2, -0.15) is 0 Å². The minimum absolute atomic E-state index is 0.123. The molecule has 2 rings (SSSR count). The molecular formula is C21H32FNO4S. The summed E-state index contributed by atoms with van der Waals surface area (Å²) < 4.78 is 40.2. The lowest BCUT2D eigenvalue weighted by Crippen LogP contribution is -2.41. The molecule has 0 spiro atoms. The molecule has 0 aromatic heterocycles. The van der Waals surface area contributed by atoms with Crippen LogP contribution in [0.4, 0.5) is 4.39 Å². The predicted octanol–water partition coefficient (Wildman–Crippen LogP) is 4.44. The van der Waals surface area contributed by atoms with Crippen LogP contribution < -0.4 is 9.46 Å². The number of carbonyl (C=O) groups is 1. The average molecular weight is 414 g/mol. The van der Waals surface area contributed by atoms with Crippen molar-refractivity contribution in [3.05, 3.63) is 29.6 Å². The van der Waals surface area contributed by atoms with E-state index in [0.717, 1.165) is 0 Å². The van der Waals surface area contributed by atoms with E-state index < -0.39 is 21.3 Å². The topological polar surface area (TPSA) is 64.6 Å². The Balaban J connectivity index is 2.02. The van der Waals surface area contributed by atoms with Gasteiger partial charge in [-0.3, -0.25) is 4.79 Å². The van der Waals surface area contributed by atoms with Crippen molar-refractivity contribution in [2.24, 2.45) is 5.92 Å². The van der Waals surface area contributed by atoms with Crippen LogP contribution in [0.5, 0.6) is 5.75 Å². The molecule has 7 heteroatoms. The van der Waals surface area contributed by atoms with Crippen LogP contribution in [0.2, 0.25) is 0 Å². The number of hydrogen-bond donors (Lipinski definition) is 1. The van der Waals surface area contributed by atoms with Gasteiger partial charge in [0, 0.05) is 11.6 Å². The number of esters is 1. The SMILES string of the molecule is C[C@H](NS(=O)C(C)(C)C)c1cc(F)ccc1OC1CC(C(=O)OC(C)(C)C)C1. The number of carbonyl (C=O) groups excluding carboxylic acids is 1. The molecule has 1 aliphatic carbocycles. The van der Waals surface area contributed by atoms with E-state index in [2.05, 4.69) is 4.72 Å². The van der Waals surface area contributed by atoms with Crippen molar-refractivity contribution in [3.8, 4) is 5.75 Å². The fraction of sp³-hybridized carbons (Fsp3) is 0.667. The Morgan fingerprint density at radius 3 is 2.36 bits per heavy atom. The molecule has 0 amide bonds. The monoisotopic (exact) mass is 413 g/mol. The second kappa shape index (κ2) is 8.49. The number of halogens is 1. The second-order valence-corrected chi connectivity index (χ2v) is 11.3. The van der Waals surface area contributed by atoms with Crippen LogP contribution in [0, 0.1) is 11.7 Å². The van der Waals surface area contributed by atoms with Gasteiger partial charge in [-0.25, -0.2) is 13.3 Å². The normalized spacial score (nSPS) is 22.1. The molecule has 2 atom stereocenters. The lowest BCUT2D eigenvalue weighted by atomic mass is 9.82. The zero-order valence-electron chi connectivity index (χ0n) is 17.8. The molecule has 1 aliphatic rings.